The van der Waals surface area contributed by atoms with Crippen LogP contribution in [0.2, 0.25) is 0 Å². The van der Waals surface area contributed by atoms with Crippen molar-refractivity contribution in [1.82, 2.24) is 19.9 Å². The fraction of sp³-hybridized carbons (Fsp3) is 0.500. The maximum Gasteiger partial charge on any atom is 0.0972 e. The number of aromatic nitrogens is 3. The summed E-state index contributed by atoms with van der Waals surface area (Å²) in [5, 5.41) is 18.4. The fourth-order valence-corrected chi connectivity index (χ4v) is 3.77. The van der Waals surface area contributed by atoms with Crippen molar-refractivity contribution in [3.63, 3.8) is 0 Å². The van der Waals surface area contributed by atoms with Gasteiger partial charge in [0, 0.05) is 18.6 Å². The Balaban J connectivity index is 1.50. The van der Waals surface area contributed by atoms with Gasteiger partial charge in [0.25, 0.3) is 0 Å². The van der Waals surface area contributed by atoms with E-state index < -0.39 is 0 Å². The minimum atomic E-state index is -0.112. The van der Waals surface area contributed by atoms with Crippen LogP contribution < -0.4 is 0 Å². The van der Waals surface area contributed by atoms with Crippen molar-refractivity contribution in [2.75, 3.05) is 0 Å². The van der Waals surface area contributed by atoms with E-state index in [1.54, 1.807) is 0 Å². The van der Waals surface area contributed by atoms with E-state index in [0.29, 0.717) is 12.1 Å². The second-order valence-electron chi connectivity index (χ2n) is 6.17. The number of hydrogen-bond acceptors (Lipinski definition) is 4. The second-order valence-corrected chi connectivity index (χ2v) is 6.17. The van der Waals surface area contributed by atoms with Gasteiger partial charge in [0.05, 0.1) is 23.7 Å². The monoisotopic (exact) mass is 284 g/mol. The van der Waals surface area contributed by atoms with Crippen LogP contribution in [0.25, 0.3) is 5.69 Å². The second kappa shape index (κ2) is 5.24. The zero-order chi connectivity index (χ0) is 14.2. The zero-order valence-corrected chi connectivity index (χ0v) is 12.0. The quantitative estimate of drug-likeness (QED) is 0.933. The largest absolute Gasteiger partial charge is 0.393 e. The molecule has 5 nitrogen and oxygen atoms in total. The molecule has 2 aliphatic heterocycles. The Kier molecular flexibility index (Phi) is 3.24. The summed E-state index contributed by atoms with van der Waals surface area (Å²) in [5.74, 6) is 0. The SMILES string of the molecule is OC1C[C@H]2CC[C@@H](C1)N2Cc1cn(-c2ccccc2)nn1. The van der Waals surface area contributed by atoms with Gasteiger partial charge in [0.15, 0.2) is 0 Å². The van der Waals surface area contributed by atoms with Crippen LogP contribution >= 0.6 is 0 Å². The lowest BCUT2D eigenvalue weighted by Crippen LogP contribution is -2.44. The Morgan fingerprint density at radius 3 is 2.52 bits per heavy atom. The first-order valence-electron chi connectivity index (χ1n) is 7.70. The maximum atomic E-state index is 9.87. The van der Waals surface area contributed by atoms with E-state index in [1.807, 2.05) is 41.2 Å². The molecule has 1 N–H and O–H groups in total. The molecule has 0 amide bonds. The van der Waals surface area contributed by atoms with Gasteiger partial charge in [0.2, 0.25) is 0 Å². The number of fused-ring (bicyclic) bond motifs is 2. The summed E-state index contributed by atoms with van der Waals surface area (Å²) in [6.45, 7) is 0.842. The molecular formula is C16H20N4O. The number of benzene rings is 1. The first kappa shape index (κ1) is 13.0. The van der Waals surface area contributed by atoms with E-state index in [0.717, 1.165) is 30.8 Å². The molecule has 0 radical (unpaired) electrons. The van der Waals surface area contributed by atoms with E-state index in [2.05, 4.69) is 15.2 Å². The van der Waals surface area contributed by atoms with Crippen molar-refractivity contribution >= 4 is 0 Å². The lowest BCUT2D eigenvalue weighted by molar-refractivity contribution is 0.0303. The van der Waals surface area contributed by atoms with Crippen molar-refractivity contribution in [2.24, 2.45) is 0 Å². The lowest BCUT2D eigenvalue weighted by Gasteiger charge is -2.36. The highest BCUT2D eigenvalue weighted by molar-refractivity contribution is 5.29. The van der Waals surface area contributed by atoms with Crippen LogP contribution in [0.15, 0.2) is 36.5 Å². The molecule has 2 saturated heterocycles. The van der Waals surface area contributed by atoms with E-state index in [4.69, 9.17) is 0 Å². The smallest absolute Gasteiger partial charge is 0.0972 e. The van der Waals surface area contributed by atoms with E-state index in [1.165, 1.54) is 12.8 Å². The number of hydrogen-bond donors (Lipinski definition) is 1. The molecule has 1 aromatic carbocycles. The number of aliphatic hydroxyl groups is 1. The predicted molar refractivity (Wildman–Crippen MR) is 79.0 cm³/mol. The van der Waals surface area contributed by atoms with Crippen molar-refractivity contribution in [3.05, 3.63) is 42.2 Å². The normalized spacial score (nSPS) is 28.9. The standard InChI is InChI=1S/C16H20N4O/c21-16-8-14-6-7-15(9-16)19(14)10-12-11-20(18-17-12)13-4-2-1-3-5-13/h1-5,11,14-16,21H,6-10H2/t14-,15+,16?. The van der Waals surface area contributed by atoms with Crippen LogP contribution in [-0.2, 0) is 6.54 Å². The molecule has 2 aromatic rings. The highest BCUT2D eigenvalue weighted by Gasteiger charge is 2.40. The summed E-state index contributed by atoms with van der Waals surface area (Å²) >= 11 is 0. The Morgan fingerprint density at radius 1 is 1.10 bits per heavy atom. The third-order valence-corrected chi connectivity index (χ3v) is 4.77. The Hall–Kier alpha value is -1.72. The molecule has 110 valence electrons. The third-order valence-electron chi connectivity index (χ3n) is 4.77. The van der Waals surface area contributed by atoms with Gasteiger partial charge >= 0.3 is 0 Å². The molecule has 21 heavy (non-hydrogen) atoms. The van der Waals surface area contributed by atoms with Gasteiger partial charge in [-0.25, -0.2) is 4.68 Å². The summed E-state index contributed by atoms with van der Waals surface area (Å²) in [4.78, 5) is 2.51. The van der Waals surface area contributed by atoms with Gasteiger partial charge in [-0.1, -0.05) is 23.4 Å². The molecule has 2 aliphatic rings. The number of rotatable bonds is 3. The predicted octanol–water partition coefficient (Wildman–Crippen LogP) is 1.75. The first-order valence-corrected chi connectivity index (χ1v) is 7.70. The Labute approximate surface area is 124 Å². The molecule has 5 heteroatoms. The van der Waals surface area contributed by atoms with Crippen molar-refractivity contribution in [3.8, 4) is 5.69 Å². The van der Waals surface area contributed by atoms with Gasteiger partial charge in [-0.3, -0.25) is 4.90 Å². The average Bonchev–Trinajstić information content (AvgIpc) is 3.05. The molecule has 0 aliphatic carbocycles. The minimum Gasteiger partial charge on any atom is -0.393 e. The molecule has 0 spiro atoms. The molecule has 0 saturated carbocycles. The van der Waals surface area contributed by atoms with Gasteiger partial charge in [-0.2, -0.15) is 0 Å². The Bertz CT molecular complexity index is 598. The zero-order valence-electron chi connectivity index (χ0n) is 12.0. The maximum absolute atomic E-state index is 9.87. The van der Waals surface area contributed by atoms with E-state index in [-0.39, 0.29) is 6.10 Å². The topological polar surface area (TPSA) is 54.2 Å². The number of piperidine rings is 1. The minimum absolute atomic E-state index is 0.112. The summed E-state index contributed by atoms with van der Waals surface area (Å²) in [6.07, 6.45) is 6.12. The van der Waals surface area contributed by atoms with Gasteiger partial charge in [0.1, 0.15) is 0 Å². The van der Waals surface area contributed by atoms with Crippen LogP contribution in [0.4, 0.5) is 0 Å². The molecule has 3 atom stereocenters. The van der Waals surface area contributed by atoms with Gasteiger partial charge in [-0.15, -0.1) is 5.10 Å². The van der Waals surface area contributed by atoms with Crippen LogP contribution in [0.3, 0.4) is 0 Å². The molecule has 2 fully saturated rings. The summed E-state index contributed by atoms with van der Waals surface area (Å²) in [7, 11) is 0. The third kappa shape index (κ3) is 2.47. The molecular weight excluding hydrogens is 264 g/mol. The number of aliphatic hydroxyl groups excluding tert-OH is 1. The molecule has 3 heterocycles. The summed E-state index contributed by atoms with van der Waals surface area (Å²) < 4.78 is 1.83. The van der Waals surface area contributed by atoms with Crippen molar-refractivity contribution in [2.45, 2.75) is 50.4 Å². The highest BCUT2D eigenvalue weighted by Crippen LogP contribution is 2.36. The molecule has 2 bridgehead atoms. The van der Waals surface area contributed by atoms with Crippen molar-refractivity contribution < 1.29 is 5.11 Å². The van der Waals surface area contributed by atoms with Crippen LogP contribution in [0, 0.1) is 0 Å². The van der Waals surface area contributed by atoms with Crippen molar-refractivity contribution in [1.29, 1.82) is 0 Å². The summed E-state index contributed by atoms with van der Waals surface area (Å²) in [5.41, 5.74) is 2.04. The van der Waals surface area contributed by atoms with Gasteiger partial charge in [-0.05, 0) is 37.8 Å². The van der Waals surface area contributed by atoms with E-state index >= 15 is 0 Å². The number of para-hydroxylation sites is 1. The average molecular weight is 284 g/mol. The van der Waals surface area contributed by atoms with Gasteiger partial charge < -0.3 is 5.11 Å². The number of nitrogens with zero attached hydrogens (tertiary/aromatic N) is 4. The van der Waals surface area contributed by atoms with Crippen LogP contribution in [-0.4, -0.2) is 43.2 Å². The lowest BCUT2D eigenvalue weighted by atomic mass is 10.00. The molecule has 1 unspecified atom stereocenters. The molecule has 4 rings (SSSR count). The fourth-order valence-electron chi connectivity index (χ4n) is 3.77. The first-order chi connectivity index (χ1) is 10.3. The summed E-state index contributed by atoms with van der Waals surface area (Å²) in [6, 6.07) is 11.1. The van der Waals surface area contributed by atoms with E-state index in [9.17, 15) is 5.11 Å². The highest BCUT2D eigenvalue weighted by atomic mass is 16.3. The Morgan fingerprint density at radius 2 is 1.81 bits per heavy atom. The van der Waals surface area contributed by atoms with Crippen LogP contribution in [0.5, 0.6) is 0 Å². The van der Waals surface area contributed by atoms with Crippen LogP contribution in [0.1, 0.15) is 31.4 Å². The molecule has 1 aromatic heterocycles.